The van der Waals surface area contributed by atoms with Gasteiger partial charge in [0, 0.05) is 35.3 Å². The zero-order chi connectivity index (χ0) is 23.5. The van der Waals surface area contributed by atoms with Gasteiger partial charge in [0.05, 0.1) is 0 Å². The van der Waals surface area contributed by atoms with Crippen LogP contribution in [0.4, 0.5) is 0 Å². The average Bonchev–Trinajstić information content (AvgIpc) is 2.74. The second kappa shape index (κ2) is 12.6. The van der Waals surface area contributed by atoms with Crippen LogP contribution in [0.3, 0.4) is 0 Å². The van der Waals surface area contributed by atoms with Gasteiger partial charge in [0.15, 0.2) is 0 Å². The molecule has 0 aliphatic rings. The molecule has 0 saturated carbocycles. The summed E-state index contributed by atoms with van der Waals surface area (Å²) in [5.74, 6) is 0.658. The van der Waals surface area contributed by atoms with Crippen molar-refractivity contribution in [3.8, 4) is 11.5 Å². The molecule has 2 N–H and O–H groups in total. The van der Waals surface area contributed by atoms with Gasteiger partial charge in [0.1, 0.15) is 11.5 Å². The molecule has 0 bridgehead atoms. The summed E-state index contributed by atoms with van der Waals surface area (Å²) in [5, 5.41) is 20.2. The van der Waals surface area contributed by atoms with Crippen LogP contribution < -0.4 is 0 Å². The van der Waals surface area contributed by atoms with E-state index < -0.39 is 0 Å². The van der Waals surface area contributed by atoms with Gasteiger partial charge >= 0.3 is 0 Å². The molecule has 30 heavy (non-hydrogen) atoms. The third-order valence-corrected chi connectivity index (χ3v) is 6.20. The number of benzene rings is 2. The van der Waals surface area contributed by atoms with E-state index >= 15 is 0 Å². The van der Waals surface area contributed by atoms with Crippen molar-refractivity contribution in [2.75, 3.05) is 14.1 Å². The lowest BCUT2D eigenvalue weighted by Gasteiger charge is -2.52. The van der Waals surface area contributed by atoms with E-state index in [0.717, 1.165) is 11.1 Å². The fraction of sp³-hybridized carbons (Fsp3) is 0.538. The number of rotatable bonds is 7. The summed E-state index contributed by atoms with van der Waals surface area (Å²) in [5.41, 5.74) is 1.47. The Kier molecular flexibility index (Phi) is 11.8. The largest absolute Gasteiger partial charge is 0.508 e. The van der Waals surface area contributed by atoms with Gasteiger partial charge in [-0.25, -0.2) is 0 Å². The first kappa shape index (κ1) is 28.0. The quantitative estimate of drug-likeness (QED) is 0.558. The molecule has 0 atom stereocenters. The number of hydrogen-bond acceptors (Lipinski definition) is 4. The van der Waals surface area contributed by atoms with Crippen LogP contribution in [0.2, 0.25) is 0 Å². The molecule has 0 aliphatic carbocycles. The van der Waals surface area contributed by atoms with Crippen LogP contribution in [0.1, 0.15) is 66.5 Å². The molecule has 2 aromatic carbocycles. The zero-order valence-electron chi connectivity index (χ0n) is 20.8. The number of likely N-dealkylation sites (N-methyl/N-ethyl adjacent to an activating group) is 2. The Morgan fingerprint density at radius 1 is 0.600 bits per heavy atom. The molecule has 4 heteroatoms. The first-order valence-electron chi connectivity index (χ1n) is 11.0. The van der Waals surface area contributed by atoms with E-state index in [-0.39, 0.29) is 11.1 Å². The number of nitrogens with zero attached hydrogens (tertiary/aromatic N) is 2. The third-order valence-electron chi connectivity index (χ3n) is 6.20. The van der Waals surface area contributed by atoms with Crippen LogP contribution >= 0.6 is 0 Å². The van der Waals surface area contributed by atoms with Crippen molar-refractivity contribution in [2.45, 2.75) is 79.6 Å². The van der Waals surface area contributed by atoms with E-state index in [1.807, 2.05) is 64.1 Å². The fourth-order valence-electron chi connectivity index (χ4n) is 3.13. The normalized spacial score (nSPS) is 11.5. The molecule has 170 valence electrons. The minimum Gasteiger partial charge on any atom is -0.508 e. The van der Waals surface area contributed by atoms with Gasteiger partial charge in [-0.1, -0.05) is 64.1 Å². The van der Waals surface area contributed by atoms with Gasteiger partial charge in [0.2, 0.25) is 0 Å². The Balaban J connectivity index is 0.00000198. The van der Waals surface area contributed by atoms with Gasteiger partial charge in [-0.2, -0.15) is 0 Å². The van der Waals surface area contributed by atoms with Crippen molar-refractivity contribution < 1.29 is 10.2 Å². The van der Waals surface area contributed by atoms with Crippen LogP contribution in [0.15, 0.2) is 48.5 Å². The predicted octanol–water partition coefficient (Wildman–Crippen LogP) is 6.27. The van der Waals surface area contributed by atoms with Crippen molar-refractivity contribution in [1.29, 1.82) is 0 Å². The topological polar surface area (TPSA) is 46.9 Å². The number of para-hydroxylation sites is 2. The standard InChI is InChI=1S/C22H32N2O2.2C2H6/c1-21(2,23(5)15-17-11-7-9-13-19(17)25)22(3,4)24(6)16-18-12-8-10-14-20(18)26;2*1-2/h7-14,25-26H,15-16H2,1-6H3;2*1-2H3. The second-order valence-electron chi connectivity index (χ2n) is 8.09. The molecule has 0 heterocycles. The third kappa shape index (κ3) is 6.75. The van der Waals surface area contributed by atoms with Gasteiger partial charge in [-0.15, -0.1) is 0 Å². The average molecular weight is 417 g/mol. The minimum absolute atomic E-state index is 0.186. The molecule has 0 amide bonds. The Morgan fingerprint density at radius 2 is 0.867 bits per heavy atom. The van der Waals surface area contributed by atoms with Crippen molar-refractivity contribution in [3.05, 3.63) is 59.7 Å². The lowest BCUT2D eigenvalue weighted by atomic mass is 9.79. The van der Waals surface area contributed by atoms with Crippen molar-refractivity contribution >= 4 is 0 Å². The summed E-state index contributed by atoms with van der Waals surface area (Å²) in [6, 6.07) is 15.0. The summed E-state index contributed by atoms with van der Waals surface area (Å²) < 4.78 is 0. The first-order valence-corrected chi connectivity index (χ1v) is 11.0. The van der Waals surface area contributed by atoms with E-state index in [4.69, 9.17) is 0 Å². The van der Waals surface area contributed by atoms with E-state index in [2.05, 4.69) is 51.6 Å². The van der Waals surface area contributed by atoms with Gasteiger partial charge in [-0.05, 0) is 53.9 Å². The SMILES string of the molecule is CC.CC.CN(Cc1ccccc1O)C(C)(C)C(C)(C)N(C)Cc1ccccc1O. The van der Waals surface area contributed by atoms with Gasteiger partial charge in [-0.3, -0.25) is 9.80 Å². The molecular weight excluding hydrogens is 372 g/mol. The molecule has 2 aromatic rings. The first-order chi connectivity index (χ1) is 14.1. The smallest absolute Gasteiger partial charge is 0.120 e. The molecular formula is C26H44N2O2. The minimum atomic E-state index is -0.186. The summed E-state index contributed by atoms with van der Waals surface area (Å²) in [6.07, 6.45) is 0. The van der Waals surface area contributed by atoms with Crippen molar-refractivity contribution in [2.24, 2.45) is 0 Å². The molecule has 2 rings (SSSR count). The van der Waals surface area contributed by atoms with Crippen molar-refractivity contribution in [3.63, 3.8) is 0 Å². The van der Waals surface area contributed by atoms with E-state index in [0.29, 0.717) is 24.6 Å². The monoisotopic (exact) mass is 416 g/mol. The fourth-order valence-corrected chi connectivity index (χ4v) is 3.13. The number of phenols is 2. The van der Waals surface area contributed by atoms with Crippen LogP contribution in [0, 0.1) is 0 Å². The summed E-state index contributed by atoms with van der Waals surface area (Å²) >= 11 is 0. The molecule has 0 fully saturated rings. The highest BCUT2D eigenvalue weighted by Crippen LogP contribution is 2.35. The summed E-state index contributed by atoms with van der Waals surface area (Å²) in [6.45, 7) is 18.2. The van der Waals surface area contributed by atoms with Gasteiger partial charge < -0.3 is 10.2 Å². The summed E-state index contributed by atoms with van der Waals surface area (Å²) in [7, 11) is 4.17. The van der Waals surface area contributed by atoms with Crippen LogP contribution in [0.25, 0.3) is 0 Å². The molecule has 4 nitrogen and oxygen atoms in total. The summed E-state index contributed by atoms with van der Waals surface area (Å²) in [4.78, 5) is 4.53. The zero-order valence-corrected chi connectivity index (χ0v) is 20.8. The van der Waals surface area contributed by atoms with Crippen LogP contribution in [-0.4, -0.2) is 45.2 Å². The van der Waals surface area contributed by atoms with E-state index in [9.17, 15) is 10.2 Å². The van der Waals surface area contributed by atoms with E-state index in [1.165, 1.54) is 0 Å². The Hall–Kier alpha value is -2.04. The molecule has 0 aromatic heterocycles. The number of hydrogen-bond donors (Lipinski definition) is 2. The highest BCUT2D eigenvalue weighted by molar-refractivity contribution is 5.33. The van der Waals surface area contributed by atoms with Crippen LogP contribution in [0.5, 0.6) is 11.5 Å². The number of aromatic hydroxyl groups is 2. The lowest BCUT2D eigenvalue weighted by Crippen LogP contribution is -2.63. The van der Waals surface area contributed by atoms with Crippen molar-refractivity contribution in [1.82, 2.24) is 9.80 Å². The Bertz CT molecular complexity index is 678. The maximum absolute atomic E-state index is 10.1. The lowest BCUT2D eigenvalue weighted by molar-refractivity contribution is -0.0200. The Labute approximate surface area is 185 Å². The predicted molar refractivity (Wildman–Crippen MR) is 130 cm³/mol. The maximum Gasteiger partial charge on any atom is 0.120 e. The molecule has 0 unspecified atom stereocenters. The highest BCUT2D eigenvalue weighted by atomic mass is 16.3. The molecule has 0 spiro atoms. The molecule has 0 saturated heterocycles. The Morgan fingerprint density at radius 3 is 1.13 bits per heavy atom. The molecule has 0 aliphatic heterocycles. The molecule has 0 radical (unpaired) electrons. The highest BCUT2D eigenvalue weighted by Gasteiger charge is 2.43. The van der Waals surface area contributed by atoms with E-state index in [1.54, 1.807) is 12.1 Å². The van der Waals surface area contributed by atoms with Gasteiger partial charge in [0.25, 0.3) is 0 Å². The maximum atomic E-state index is 10.1. The van der Waals surface area contributed by atoms with Crippen LogP contribution in [-0.2, 0) is 13.1 Å². The second-order valence-corrected chi connectivity index (χ2v) is 8.09. The number of phenolic OH excluding ortho intramolecular Hbond substituents is 2.